The number of hydrogen-bond donors (Lipinski definition) is 1. The Morgan fingerprint density at radius 2 is 1.51 bits per heavy atom. The van der Waals surface area contributed by atoms with Crippen LogP contribution in [0.3, 0.4) is 0 Å². The number of sulfone groups is 1. The SMILES string of the molecule is COc1ccc(Oc2ccc(C3(CC(=O)O)CCN(C(=O)OC(C)(C)C)CCS3(=O)=O)cc2)cc1. The highest BCUT2D eigenvalue weighted by atomic mass is 32.2. The number of carbonyl (C=O) groups is 2. The number of rotatable bonds is 6. The Bertz CT molecular complexity index is 1150. The van der Waals surface area contributed by atoms with Crippen LogP contribution in [0, 0.1) is 0 Å². The average Bonchev–Trinajstić information content (AvgIpc) is 2.90. The largest absolute Gasteiger partial charge is 0.497 e. The highest BCUT2D eigenvalue weighted by Crippen LogP contribution is 2.41. The Kier molecular flexibility index (Phi) is 7.64. The zero-order valence-corrected chi connectivity index (χ0v) is 21.1. The van der Waals surface area contributed by atoms with Crippen LogP contribution in [0.1, 0.15) is 39.2 Å². The molecule has 10 heteroatoms. The second-order valence-corrected chi connectivity index (χ2v) is 11.8. The van der Waals surface area contributed by atoms with Crippen LogP contribution in [0.4, 0.5) is 4.79 Å². The Hall–Kier alpha value is -3.27. The van der Waals surface area contributed by atoms with Crippen LogP contribution < -0.4 is 9.47 Å². The van der Waals surface area contributed by atoms with Crippen molar-refractivity contribution in [2.75, 3.05) is 26.0 Å². The van der Waals surface area contributed by atoms with Gasteiger partial charge in [-0.3, -0.25) is 4.79 Å². The first-order valence-corrected chi connectivity index (χ1v) is 12.8. The number of carbonyl (C=O) groups excluding carboxylic acids is 1. The van der Waals surface area contributed by atoms with Gasteiger partial charge in [0.25, 0.3) is 0 Å². The number of ether oxygens (including phenoxy) is 3. The molecule has 0 aromatic heterocycles. The summed E-state index contributed by atoms with van der Waals surface area (Å²) >= 11 is 0. The van der Waals surface area contributed by atoms with Gasteiger partial charge in [0.05, 0.1) is 19.3 Å². The molecule has 1 N–H and O–H groups in total. The van der Waals surface area contributed by atoms with E-state index in [0.29, 0.717) is 22.8 Å². The summed E-state index contributed by atoms with van der Waals surface area (Å²) in [4.78, 5) is 25.7. The third-order valence-electron chi connectivity index (χ3n) is 5.77. The Labute approximate surface area is 205 Å². The lowest BCUT2D eigenvalue weighted by molar-refractivity contribution is -0.137. The van der Waals surface area contributed by atoms with Crippen LogP contribution in [0.25, 0.3) is 0 Å². The molecule has 1 atom stereocenters. The van der Waals surface area contributed by atoms with E-state index in [1.807, 2.05) is 0 Å². The number of nitrogens with zero attached hydrogens (tertiary/aromatic N) is 1. The molecule has 0 saturated carbocycles. The van der Waals surface area contributed by atoms with Gasteiger partial charge >= 0.3 is 12.1 Å². The maximum Gasteiger partial charge on any atom is 0.410 e. The predicted octanol–water partition coefficient (Wildman–Crippen LogP) is 4.21. The van der Waals surface area contributed by atoms with Crippen LogP contribution >= 0.6 is 0 Å². The van der Waals surface area contributed by atoms with Crippen molar-refractivity contribution in [2.45, 2.75) is 44.0 Å². The van der Waals surface area contributed by atoms with Crippen LogP contribution in [0.15, 0.2) is 48.5 Å². The molecule has 0 spiro atoms. The molecule has 9 nitrogen and oxygen atoms in total. The van der Waals surface area contributed by atoms with E-state index in [1.165, 1.54) is 4.90 Å². The quantitative estimate of drug-likeness (QED) is 0.620. The number of amides is 1. The van der Waals surface area contributed by atoms with E-state index in [2.05, 4.69) is 0 Å². The number of methoxy groups -OCH3 is 1. The van der Waals surface area contributed by atoms with Crippen molar-refractivity contribution in [2.24, 2.45) is 0 Å². The van der Waals surface area contributed by atoms with E-state index in [4.69, 9.17) is 14.2 Å². The van der Waals surface area contributed by atoms with Crippen molar-refractivity contribution in [1.29, 1.82) is 0 Å². The lowest BCUT2D eigenvalue weighted by Gasteiger charge is -2.31. The predicted molar refractivity (Wildman–Crippen MR) is 130 cm³/mol. The standard InChI is InChI=1S/C25H31NO8S/c1-24(2,3)34-23(29)26-14-13-25(17-22(27)28,35(30,31)16-15-26)18-5-7-20(8-6-18)33-21-11-9-19(32-4)10-12-21/h5-12H,13-17H2,1-4H3,(H,27,28). The van der Waals surface area contributed by atoms with Crippen molar-refractivity contribution in [3.05, 3.63) is 54.1 Å². The van der Waals surface area contributed by atoms with E-state index >= 15 is 0 Å². The van der Waals surface area contributed by atoms with Crippen LogP contribution in [-0.2, 0) is 24.1 Å². The molecule has 0 aliphatic carbocycles. The minimum atomic E-state index is -3.94. The molecule has 0 radical (unpaired) electrons. The summed E-state index contributed by atoms with van der Waals surface area (Å²) in [7, 11) is -2.38. The monoisotopic (exact) mass is 505 g/mol. The van der Waals surface area contributed by atoms with Crippen molar-refractivity contribution < 1.29 is 37.3 Å². The van der Waals surface area contributed by atoms with Gasteiger partial charge in [0.2, 0.25) is 0 Å². The highest BCUT2D eigenvalue weighted by molar-refractivity contribution is 7.92. The summed E-state index contributed by atoms with van der Waals surface area (Å²) in [6.45, 7) is 5.15. The molecular formula is C25H31NO8S. The molecule has 2 aromatic rings. The van der Waals surface area contributed by atoms with E-state index in [0.717, 1.165) is 0 Å². The molecule has 190 valence electrons. The third-order valence-corrected chi connectivity index (χ3v) is 8.27. The number of hydrogen-bond acceptors (Lipinski definition) is 7. The molecule has 3 rings (SSSR count). The number of carboxylic acids is 1. The summed E-state index contributed by atoms with van der Waals surface area (Å²) < 4.78 is 41.6. The molecule has 2 aromatic carbocycles. The Balaban J connectivity index is 1.89. The van der Waals surface area contributed by atoms with E-state index < -0.39 is 38.7 Å². The van der Waals surface area contributed by atoms with E-state index in [-0.39, 0.29) is 25.3 Å². The van der Waals surface area contributed by atoms with Crippen LogP contribution in [0.2, 0.25) is 0 Å². The number of aliphatic carboxylic acids is 1. The molecule has 1 aliphatic heterocycles. The second-order valence-electron chi connectivity index (χ2n) is 9.40. The molecule has 1 saturated heterocycles. The first kappa shape index (κ1) is 26.3. The lowest BCUT2D eigenvalue weighted by atomic mass is 9.91. The minimum Gasteiger partial charge on any atom is -0.497 e. The van der Waals surface area contributed by atoms with Gasteiger partial charge in [-0.25, -0.2) is 13.2 Å². The fraction of sp³-hybridized carbons (Fsp3) is 0.440. The van der Waals surface area contributed by atoms with Gasteiger partial charge in [-0.2, -0.15) is 0 Å². The van der Waals surface area contributed by atoms with Crippen molar-refractivity contribution in [3.8, 4) is 17.2 Å². The number of benzene rings is 2. The number of carboxylic acid groups (broad SMARTS) is 1. The first-order valence-electron chi connectivity index (χ1n) is 11.2. The molecular weight excluding hydrogens is 474 g/mol. The fourth-order valence-electron chi connectivity index (χ4n) is 3.99. The summed E-state index contributed by atoms with van der Waals surface area (Å²) in [6.07, 6.45) is -1.31. The molecule has 35 heavy (non-hydrogen) atoms. The van der Waals surface area contributed by atoms with E-state index in [1.54, 1.807) is 76.4 Å². The zero-order chi connectivity index (χ0) is 25.9. The van der Waals surface area contributed by atoms with Crippen molar-refractivity contribution in [1.82, 2.24) is 4.90 Å². The molecule has 1 unspecified atom stereocenters. The smallest absolute Gasteiger partial charge is 0.410 e. The zero-order valence-electron chi connectivity index (χ0n) is 20.3. The summed E-state index contributed by atoms with van der Waals surface area (Å²) in [5, 5.41) is 9.63. The highest BCUT2D eigenvalue weighted by Gasteiger charge is 2.49. The fourth-order valence-corrected chi connectivity index (χ4v) is 6.09. The maximum absolute atomic E-state index is 13.5. The first-order chi connectivity index (χ1) is 16.3. The molecule has 1 heterocycles. The normalized spacial score (nSPS) is 19.9. The van der Waals surface area contributed by atoms with Gasteiger partial charge in [0, 0.05) is 13.1 Å². The van der Waals surface area contributed by atoms with Crippen molar-refractivity contribution in [3.63, 3.8) is 0 Å². The van der Waals surface area contributed by atoms with E-state index in [9.17, 15) is 23.1 Å². The third kappa shape index (κ3) is 6.25. The Morgan fingerprint density at radius 3 is 2.03 bits per heavy atom. The van der Waals surface area contributed by atoms with Gasteiger partial charge < -0.3 is 24.2 Å². The summed E-state index contributed by atoms with van der Waals surface area (Å²) in [5.74, 6) is 0.101. The molecule has 1 aliphatic rings. The summed E-state index contributed by atoms with van der Waals surface area (Å²) in [6, 6.07) is 13.3. The Morgan fingerprint density at radius 1 is 0.971 bits per heavy atom. The van der Waals surface area contributed by atoms with Crippen LogP contribution in [0.5, 0.6) is 17.2 Å². The molecule has 0 bridgehead atoms. The average molecular weight is 506 g/mol. The van der Waals surface area contributed by atoms with Gasteiger partial charge in [0.15, 0.2) is 9.84 Å². The van der Waals surface area contributed by atoms with Crippen LogP contribution in [-0.4, -0.2) is 62.0 Å². The van der Waals surface area contributed by atoms with Gasteiger partial charge in [0.1, 0.15) is 27.6 Å². The molecule has 1 fully saturated rings. The van der Waals surface area contributed by atoms with Crippen molar-refractivity contribution >= 4 is 21.9 Å². The molecule has 1 amide bonds. The van der Waals surface area contributed by atoms with Gasteiger partial charge in [-0.05, 0) is 69.2 Å². The lowest BCUT2D eigenvalue weighted by Crippen LogP contribution is -2.40. The maximum atomic E-state index is 13.5. The minimum absolute atomic E-state index is 0.0471. The van der Waals surface area contributed by atoms with Gasteiger partial charge in [-0.1, -0.05) is 12.1 Å². The van der Waals surface area contributed by atoms with Gasteiger partial charge in [-0.15, -0.1) is 0 Å². The summed E-state index contributed by atoms with van der Waals surface area (Å²) in [5.41, 5.74) is -0.395. The topological polar surface area (TPSA) is 119 Å². The second kappa shape index (κ2) is 10.2.